The van der Waals surface area contributed by atoms with Gasteiger partial charge in [-0.3, -0.25) is 15.1 Å². The lowest BCUT2D eigenvalue weighted by Gasteiger charge is -2.35. The number of hydrogen-bond donors (Lipinski definition) is 3. The molecule has 4 rings (SSSR count). The lowest BCUT2D eigenvalue weighted by atomic mass is 10.1. The molecule has 174 valence electrons. The van der Waals surface area contributed by atoms with Crippen LogP contribution in [0.25, 0.3) is 27.9 Å². The maximum atomic E-state index is 13.2. The topological polar surface area (TPSA) is 94.1 Å². The van der Waals surface area contributed by atoms with Crippen LogP contribution in [-0.2, 0) is 0 Å². The first-order valence-corrected chi connectivity index (χ1v) is 10.6. The highest BCUT2D eigenvalue weighted by Gasteiger charge is 2.42. The van der Waals surface area contributed by atoms with Crippen LogP contribution in [-0.4, -0.2) is 71.8 Å². The number of fused-ring (bicyclic) bond motifs is 1. The van der Waals surface area contributed by atoms with Gasteiger partial charge in [0, 0.05) is 56.6 Å². The smallest absolute Gasteiger partial charge is 0.391 e. The fourth-order valence-corrected chi connectivity index (χ4v) is 3.71. The third-order valence-corrected chi connectivity index (χ3v) is 5.34. The summed E-state index contributed by atoms with van der Waals surface area (Å²) >= 11 is 0. The highest BCUT2D eigenvalue weighted by molar-refractivity contribution is 6.10. The number of aromatic amines is 1. The number of anilines is 1. The van der Waals surface area contributed by atoms with Gasteiger partial charge < -0.3 is 15.5 Å². The highest BCUT2D eigenvalue weighted by Crippen LogP contribution is 2.29. The van der Waals surface area contributed by atoms with E-state index in [0.717, 1.165) is 23.0 Å². The summed E-state index contributed by atoms with van der Waals surface area (Å²) in [6.07, 6.45) is 0.953. The third-order valence-electron chi connectivity index (χ3n) is 5.34. The van der Waals surface area contributed by atoms with Gasteiger partial charge in [0.05, 0.1) is 23.1 Å². The molecule has 0 aromatic carbocycles. The second-order valence-corrected chi connectivity index (χ2v) is 7.61. The monoisotopic (exact) mass is 458 g/mol. The standard InChI is InChI=1S/C22H25F3N8/c1-3-27-11-14(10-26-2)17-9-15-18(12-29-17)31-32-21(15)16-5-4-6-20(30-16)33-8-7-28-19(13-33)22(23,24)25/h4-6,9-12,19,27-28H,3,7-8,13H2,1-2H3,(H,31,32)/b14-11+,26-10?. The number of aliphatic imine (C=N–C) groups is 1. The molecule has 3 N–H and O–H groups in total. The summed E-state index contributed by atoms with van der Waals surface area (Å²) in [5.74, 6) is 0.486. The minimum atomic E-state index is -4.31. The summed E-state index contributed by atoms with van der Waals surface area (Å²) in [6, 6.07) is 5.62. The summed E-state index contributed by atoms with van der Waals surface area (Å²) in [4.78, 5) is 14.9. The van der Waals surface area contributed by atoms with Crippen LogP contribution in [0.2, 0.25) is 0 Å². The van der Waals surface area contributed by atoms with E-state index < -0.39 is 12.2 Å². The molecule has 0 spiro atoms. The number of alkyl halides is 3. The van der Waals surface area contributed by atoms with Crippen LogP contribution in [0.15, 0.2) is 41.7 Å². The number of hydrogen-bond acceptors (Lipinski definition) is 7. The van der Waals surface area contributed by atoms with Crippen molar-refractivity contribution in [2.24, 2.45) is 4.99 Å². The van der Waals surface area contributed by atoms with E-state index in [9.17, 15) is 13.2 Å². The molecule has 1 unspecified atom stereocenters. The minimum Gasteiger partial charge on any atom is -0.391 e. The van der Waals surface area contributed by atoms with Crippen molar-refractivity contribution in [3.63, 3.8) is 0 Å². The Hall–Kier alpha value is -3.47. The van der Waals surface area contributed by atoms with Crippen LogP contribution in [0, 0.1) is 0 Å². The number of H-pyrrole nitrogens is 1. The minimum absolute atomic E-state index is 0.190. The van der Waals surface area contributed by atoms with Gasteiger partial charge in [-0.25, -0.2) is 4.98 Å². The molecule has 1 aliphatic heterocycles. The number of rotatable bonds is 6. The summed E-state index contributed by atoms with van der Waals surface area (Å²) in [5, 5.41) is 13.9. The maximum absolute atomic E-state index is 13.2. The van der Waals surface area contributed by atoms with E-state index in [2.05, 4.69) is 35.8 Å². The largest absolute Gasteiger partial charge is 0.405 e. The molecular weight excluding hydrogens is 433 g/mol. The van der Waals surface area contributed by atoms with Crippen molar-refractivity contribution in [3.05, 3.63) is 42.4 Å². The second kappa shape index (κ2) is 9.57. The molecule has 3 aromatic heterocycles. The first-order valence-electron chi connectivity index (χ1n) is 10.6. The quantitative estimate of drug-likeness (QED) is 0.492. The molecule has 0 radical (unpaired) electrons. The van der Waals surface area contributed by atoms with Gasteiger partial charge in [-0.1, -0.05) is 6.07 Å². The van der Waals surface area contributed by atoms with E-state index in [1.807, 2.05) is 19.2 Å². The fourth-order valence-electron chi connectivity index (χ4n) is 3.71. The second-order valence-electron chi connectivity index (χ2n) is 7.61. The van der Waals surface area contributed by atoms with E-state index in [0.29, 0.717) is 29.4 Å². The van der Waals surface area contributed by atoms with Crippen LogP contribution >= 0.6 is 0 Å². The van der Waals surface area contributed by atoms with Crippen molar-refractivity contribution in [2.75, 3.05) is 38.1 Å². The predicted octanol–water partition coefficient (Wildman–Crippen LogP) is 3.01. The molecule has 1 atom stereocenters. The molecule has 33 heavy (non-hydrogen) atoms. The average Bonchev–Trinajstić information content (AvgIpc) is 3.25. The van der Waals surface area contributed by atoms with Crippen LogP contribution in [0.1, 0.15) is 12.6 Å². The first kappa shape index (κ1) is 22.7. The van der Waals surface area contributed by atoms with Gasteiger partial charge in [-0.05, 0) is 25.1 Å². The number of piperazine rings is 1. The Morgan fingerprint density at radius 1 is 1.36 bits per heavy atom. The molecule has 11 heteroatoms. The number of nitrogens with one attached hydrogen (secondary N) is 3. The normalized spacial score (nSPS) is 17.8. The molecule has 1 fully saturated rings. The number of pyridine rings is 2. The van der Waals surface area contributed by atoms with Crippen molar-refractivity contribution in [2.45, 2.75) is 19.1 Å². The van der Waals surface area contributed by atoms with Crippen molar-refractivity contribution >= 4 is 28.5 Å². The summed E-state index contributed by atoms with van der Waals surface area (Å²) in [5.41, 5.74) is 3.43. The number of halogens is 3. The van der Waals surface area contributed by atoms with Gasteiger partial charge in [-0.15, -0.1) is 0 Å². The van der Waals surface area contributed by atoms with Crippen molar-refractivity contribution in [1.82, 2.24) is 30.8 Å². The molecule has 0 saturated carbocycles. The van der Waals surface area contributed by atoms with Crippen LogP contribution in [0.5, 0.6) is 0 Å². The van der Waals surface area contributed by atoms with E-state index in [-0.39, 0.29) is 13.1 Å². The molecule has 8 nitrogen and oxygen atoms in total. The zero-order valence-electron chi connectivity index (χ0n) is 18.3. The van der Waals surface area contributed by atoms with Gasteiger partial charge in [0.25, 0.3) is 0 Å². The Kier molecular flexibility index (Phi) is 6.59. The van der Waals surface area contributed by atoms with Gasteiger partial charge in [-0.2, -0.15) is 18.3 Å². The first-order chi connectivity index (χ1) is 15.9. The molecule has 4 heterocycles. The Labute approximate surface area is 189 Å². The molecule has 1 saturated heterocycles. The lowest BCUT2D eigenvalue weighted by Crippen LogP contribution is -2.57. The molecule has 3 aromatic rings. The van der Waals surface area contributed by atoms with E-state index in [4.69, 9.17) is 0 Å². The Morgan fingerprint density at radius 2 is 2.21 bits per heavy atom. The lowest BCUT2D eigenvalue weighted by molar-refractivity contribution is -0.155. The SMILES string of the molecule is CCN/C=C(\C=NC)c1cc2c(-c3cccc(N4CCNC(C(F)(F)F)C4)n3)n[nH]c2cn1. The number of aromatic nitrogens is 4. The van der Waals surface area contributed by atoms with Crippen molar-refractivity contribution in [3.8, 4) is 11.4 Å². The number of allylic oxidation sites excluding steroid dienone is 1. The van der Waals surface area contributed by atoms with E-state index in [1.165, 1.54) is 0 Å². The van der Waals surface area contributed by atoms with E-state index in [1.54, 1.807) is 42.6 Å². The van der Waals surface area contributed by atoms with E-state index >= 15 is 0 Å². The molecular formula is C22H25F3N8. The fraction of sp³-hybridized carbons (Fsp3) is 0.364. The zero-order chi connectivity index (χ0) is 23.4. The summed E-state index contributed by atoms with van der Waals surface area (Å²) in [7, 11) is 1.69. The Bertz CT molecular complexity index is 1170. The maximum Gasteiger partial charge on any atom is 0.405 e. The van der Waals surface area contributed by atoms with Crippen LogP contribution < -0.4 is 15.5 Å². The van der Waals surface area contributed by atoms with Gasteiger partial charge >= 0.3 is 6.18 Å². The van der Waals surface area contributed by atoms with Gasteiger partial charge in [0.2, 0.25) is 0 Å². The van der Waals surface area contributed by atoms with Gasteiger partial charge in [0.15, 0.2) is 0 Å². The van der Waals surface area contributed by atoms with Gasteiger partial charge in [0.1, 0.15) is 17.6 Å². The van der Waals surface area contributed by atoms with Crippen LogP contribution in [0.4, 0.5) is 19.0 Å². The highest BCUT2D eigenvalue weighted by atomic mass is 19.4. The van der Waals surface area contributed by atoms with Crippen molar-refractivity contribution < 1.29 is 13.2 Å². The Balaban J connectivity index is 1.68. The molecule has 0 aliphatic carbocycles. The average molecular weight is 458 g/mol. The number of nitrogens with zero attached hydrogens (tertiary/aromatic N) is 5. The van der Waals surface area contributed by atoms with Crippen molar-refractivity contribution in [1.29, 1.82) is 0 Å². The predicted molar refractivity (Wildman–Crippen MR) is 123 cm³/mol. The zero-order valence-corrected chi connectivity index (χ0v) is 18.3. The molecule has 0 amide bonds. The Morgan fingerprint density at radius 3 is 2.97 bits per heavy atom. The molecule has 1 aliphatic rings. The summed E-state index contributed by atoms with van der Waals surface area (Å²) in [6.45, 7) is 3.24. The van der Waals surface area contributed by atoms with Crippen LogP contribution in [0.3, 0.4) is 0 Å². The summed E-state index contributed by atoms with van der Waals surface area (Å²) < 4.78 is 39.6. The third kappa shape index (κ3) is 4.98. The molecule has 0 bridgehead atoms.